The maximum atomic E-state index is 8.59. The molecule has 0 aliphatic rings. The highest BCUT2D eigenvalue weighted by Crippen LogP contribution is 2.13. The normalized spacial score (nSPS) is 10.8. The van der Waals surface area contributed by atoms with Gasteiger partial charge in [-0.15, -0.1) is 0 Å². The fourth-order valence-electron chi connectivity index (χ4n) is 1.09. The smallest absolute Gasteiger partial charge is 0.0433 e. The molecule has 2 heteroatoms. The Labute approximate surface area is 62.9 Å². The molecule has 0 amide bonds. The summed E-state index contributed by atoms with van der Waals surface area (Å²) in [6, 6.07) is 0. The van der Waals surface area contributed by atoms with Gasteiger partial charge in [0.15, 0.2) is 0 Å². The maximum absolute atomic E-state index is 8.59. The van der Waals surface area contributed by atoms with Gasteiger partial charge in [0.25, 0.3) is 0 Å². The van der Waals surface area contributed by atoms with Gasteiger partial charge in [0.05, 0.1) is 0 Å². The summed E-state index contributed by atoms with van der Waals surface area (Å²) in [5, 5.41) is 17.2. The van der Waals surface area contributed by atoms with Crippen LogP contribution in [-0.2, 0) is 0 Å². The van der Waals surface area contributed by atoms with E-state index in [0.717, 1.165) is 25.7 Å². The predicted molar refractivity (Wildman–Crippen MR) is 41.5 cm³/mol. The molecule has 0 fully saturated rings. The van der Waals surface area contributed by atoms with Crippen LogP contribution in [-0.4, -0.2) is 23.4 Å². The summed E-state index contributed by atoms with van der Waals surface area (Å²) in [6.07, 6.45) is 3.51. The van der Waals surface area contributed by atoms with Crippen molar-refractivity contribution in [2.24, 2.45) is 5.92 Å². The SMILES string of the molecule is [CH2]CCC(CCO)CCO. The molecule has 0 rings (SSSR count). The van der Waals surface area contributed by atoms with Crippen molar-refractivity contribution in [3.63, 3.8) is 0 Å². The number of aliphatic hydroxyl groups is 2. The summed E-state index contributed by atoms with van der Waals surface area (Å²) < 4.78 is 0. The second-order valence-corrected chi connectivity index (χ2v) is 2.53. The predicted octanol–water partition coefficient (Wildman–Crippen LogP) is 0.982. The van der Waals surface area contributed by atoms with E-state index in [1.54, 1.807) is 0 Å². The molecule has 2 nitrogen and oxygen atoms in total. The number of aliphatic hydroxyl groups excluding tert-OH is 2. The zero-order valence-electron chi connectivity index (χ0n) is 6.42. The largest absolute Gasteiger partial charge is 0.396 e. The van der Waals surface area contributed by atoms with Crippen LogP contribution in [0.15, 0.2) is 0 Å². The van der Waals surface area contributed by atoms with E-state index in [0.29, 0.717) is 5.92 Å². The molecule has 0 spiro atoms. The van der Waals surface area contributed by atoms with Gasteiger partial charge in [-0.05, 0) is 18.8 Å². The monoisotopic (exact) mass is 145 g/mol. The second-order valence-electron chi connectivity index (χ2n) is 2.53. The second kappa shape index (κ2) is 7.03. The van der Waals surface area contributed by atoms with Crippen LogP contribution in [0, 0.1) is 12.8 Å². The Balaban J connectivity index is 3.30. The molecule has 0 aromatic rings. The Morgan fingerprint density at radius 3 is 1.80 bits per heavy atom. The van der Waals surface area contributed by atoms with E-state index in [9.17, 15) is 0 Å². The van der Waals surface area contributed by atoms with E-state index in [4.69, 9.17) is 10.2 Å². The van der Waals surface area contributed by atoms with Crippen LogP contribution < -0.4 is 0 Å². The lowest BCUT2D eigenvalue weighted by atomic mass is 9.97. The van der Waals surface area contributed by atoms with Crippen molar-refractivity contribution in [3.05, 3.63) is 6.92 Å². The van der Waals surface area contributed by atoms with Gasteiger partial charge in [0.1, 0.15) is 0 Å². The average Bonchev–Trinajstić information content (AvgIpc) is 1.90. The molecular formula is C8H17O2. The molecule has 0 aliphatic heterocycles. The van der Waals surface area contributed by atoms with E-state index in [1.807, 2.05) is 0 Å². The van der Waals surface area contributed by atoms with Gasteiger partial charge in [-0.1, -0.05) is 19.8 Å². The summed E-state index contributed by atoms with van der Waals surface area (Å²) in [6.45, 7) is 4.18. The molecule has 0 atom stereocenters. The molecule has 0 heterocycles. The number of hydrogen-bond acceptors (Lipinski definition) is 2. The van der Waals surface area contributed by atoms with Crippen LogP contribution in [0.2, 0.25) is 0 Å². The van der Waals surface area contributed by atoms with Gasteiger partial charge >= 0.3 is 0 Å². The molecule has 61 valence electrons. The Morgan fingerprint density at radius 1 is 1.00 bits per heavy atom. The fourth-order valence-corrected chi connectivity index (χ4v) is 1.09. The third-order valence-corrected chi connectivity index (χ3v) is 1.69. The van der Waals surface area contributed by atoms with Crippen molar-refractivity contribution in [1.29, 1.82) is 0 Å². The quantitative estimate of drug-likeness (QED) is 0.585. The molecule has 0 saturated heterocycles. The highest BCUT2D eigenvalue weighted by molar-refractivity contribution is 4.59. The van der Waals surface area contributed by atoms with Gasteiger partial charge in [0.2, 0.25) is 0 Å². The van der Waals surface area contributed by atoms with E-state index in [-0.39, 0.29) is 13.2 Å². The molecule has 0 saturated carbocycles. The van der Waals surface area contributed by atoms with Crippen LogP contribution in [0.1, 0.15) is 25.7 Å². The van der Waals surface area contributed by atoms with Crippen LogP contribution in [0.3, 0.4) is 0 Å². The lowest BCUT2D eigenvalue weighted by molar-refractivity contribution is 0.210. The molecule has 0 unspecified atom stereocenters. The first kappa shape index (κ1) is 9.92. The molecule has 0 aromatic carbocycles. The summed E-state index contributed by atoms with van der Waals surface area (Å²) in [5.41, 5.74) is 0. The minimum atomic E-state index is 0.227. The lowest BCUT2D eigenvalue weighted by Gasteiger charge is -2.11. The summed E-state index contributed by atoms with van der Waals surface area (Å²) >= 11 is 0. The third-order valence-electron chi connectivity index (χ3n) is 1.69. The minimum Gasteiger partial charge on any atom is -0.396 e. The zero-order valence-corrected chi connectivity index (χ0v) is 6.42. The highest BCUT2D eigenvalue weighted by atomic mass is 16.3. The molecule has 0 aromatic heterocycles. The fraction of sp³-hybridized carbons (Fsp3) is 0.875. The molecule has 0 aliphatic carbocycles. The van der Waals surface area contributed by atoms with Crippen LogP contribution in [0.5, 0.6) is 0 Å². The van der Waals surface area contributed by atoms with Crippen molar-refractivity contribution in [2.45, 2.75) is 25.7 Å². The van der Waals surface area contributed by atoms with Crippen molar-refractivity contribution < 1.29 is 10.2 Å². The van der Waals surface area contributed by atoms with Crippen molar-refractivity contribution in [1.82, 2.24) is 0 Å². The molecule has 2 N–H and O–H groups in total. The van der Waals surface area contributed by atoms with Crippen LogP contribution in [0.4, 0.5) is 0 Å². The van der Waals surface area contributed by atoms with Gasteiger partial charge < -0.3 is 10.2 Å². The van der Waals surface area contributed by atoms with E-state index < -0.39 is 0 Å². The van der Waals surface area contributed by atoms with Crippen molar-refractivity contribution in [2.75, 3.05) is 13.2 Å². The number of rotatable bonds is 6. The minimum absolute atomic E-state index is 0.227. The first-order chi connectivity index (χ1) is 4.85. The Morgan fingerprint density at radius 2 is 1.50 bits per heavy atom. The summed E-state index contributed by atoms with van der Waals surface area (Å²) in [4.78, 5) is 0. The van der Waals surface area contributed by atoms with Gasteiger partial charge in [0, 0.05) is 13.2 Å². The molecular weight excluding hydrogens is 128 g/mol. The first-order valence-corrected chi connectivity index (χ1v) is 3.86. The van der Waals surface area contributed by atoms with E-state index in [1.165, 1.54) is 0 Å². The summed E-state index contributed by atoms with van der Waals surface area (Å²) in [7, 11) is 0. The zero-order chi connectivity index (χ0) is 7.82. The van der Waals surface area contributed by atoms with Crippen molar-refractivity contribution >= 4 is 0 Å². The Bertz CT molecular complexity index is 50.0. The average molecular weight is 145 g/mol. The van der Waals surface area contributed by atoms with Crippen LogP contribution in [0.25, 0.3) is 0 Å². The van der Waals surface area contributed by atoms with E-state index in [2.05, 4.69) is 6.92 Å². The van der Waals surface area contributed by atoms with Crippen molar-refractivity contribution in [3.8, 4) is 0 Å². The lowest BCUT2D eigenvalue weighted by Crippen LogP contribution is -2.04. The first-order valence-electron chi connectivity index (χ1n) is 3.86. The van der Waals surface area contributed by atoms with Gasteiger partial charge in [-0.3, -0.25) is 0 Å². The topological polar surface area (TPSA) is 40.5 Å². The van der Waals surface area contributed by atoms with Gasteiger partial charge in [-0.2, -0.15) is 0 Å². The maximum Gasteiger partial charge on any atom is 0.0433 e. The Kier molecular flexibility index (Phi) is 6.98. The van der Waals surface area contributed by atoms with Gasteiger partial charge in [-0.25, -0.2) is 0 Å². The molecule has 1 radical (unpaired) electrons. The van der Waals surface area contributed by atoms with Crippen LogP contribution >= 0.6 is 0 Å². The molecule has 0 bridgehead atoms. The molecule has 10 heavy (non-hydrogen) atoms. The summed E-state index contributed by atoms with van der Waals surface area (Å²) in [5.74, 6) is 0.465. The standard InChI is InChI=1S/C8H17O2/c1-2-3-8(4-6-9)5-7-10/h8-10H,1-7H2. The third kappa shape index (κ3) is 4.77. The van der Waals surface area contributed by atoms with E-state index >= 15 is 0 Å². The Hall–Kier alpha value is -0.0800. The number of hydrogen-bond donors (Lipinski definition) is 2. The highest BCUT2D eigenvalue weighted by Gasteiger charge is 2.04.